The molecule has 1 N–H and O–H groups in total. The highest BCUT2D eigenvalue weighted by Gasteiger charge is 2.30. The molecule has 0 aliphatic heterocycles. The predicted molar refractivity (Wildman–Crippen MR) is 103 cm³/mol. The molecule has 0 atom stereocenters. The van der Waals surface area contributed by atoms with Gasteiger partial charge in [-0.05, 0) is 35.9 Å². The molecule has 4 aromatic rings. The topological polar surface area (TPSA) is 63.8 Å². The molecule has 0 fully saturated rings. The second-order valence-electron chi connectivity index (χ2n) is 6.33. The fraction of sp³-hybridized carbons (Fsp3) is 0.100. The van der Waals surface area contributed by atoms with Crippen LogP contribution in [0.2, 0.25) is 0 Å². The van der Waals surface area contributed by atoms with Crippen molar-refractivity contribution >= 4 is 22.4 Å². The minimum atomic E-state index is -4.49. The van der Waals surface area contributed by atoms with Crippen LogP contribution in [0.1, 0.15) is 11.1 Å². The number of phenols is 1. The minimum Gasteiger partial charge on any atom is -0.502 e. The predicted octanol–water partition coefficient (Wildman–Crippen LogP) is 3.84. The van der Waals surface area contributed by atoms with Gasteiger partial charge in [-0.15, -0.1) is 0 Å². The molecule has 0 spiro atoms. The number of rotatable bonds is 3. The van der Waals surface area contributed by atoms with Crippen molar-refractivity contribution < 1.29 is 27.4 Å². The second kappa shape index (κ2) is 7.13. The number of fused-ring (bicyclic) bond motifs is 1. The Morgan fingerprint density at radius 1 is 1.23 bits per heavy atom. The van der Waals surface area contributed by atoms with Gasteiger partial charge in [-0.1, -0.05) is 23.5 Å². The monoisotopic (exact) mass is 436 g/mol. The second-order valence-corrected chi connectivity index (χ2v) is 7.34. The van der Waals surface area contributed by atoms with Crippen molar-refractivity contribution in [2.45, 2.75) is 6.18 Å². The summed E-state index contributed by atoms with van der Waals surface area (Å²) < 4.78 is 59.0. The molecule has 4 rings (SSSR count). The highest BCUT2D eigenvalue weighted by molar-refractivity contribution is 7.15. The lowest BCUT2D eigenvalue weighted by molar-refractivity contribution is -0.137. The fourth-order valence-electron chi connectivity index (χ4n) is 2.91. The van der Waals surface area contributed by atoms with Crippen molar-refractivity contribution in [1.82, 2.24) is 9.38 Å². The SMILES string of the molecule is COc1cc(C=c2sc3nc(-c4cccc(C(F)(F)F)c4)cn3c2=O)cc(F)c1O. The maximum Gasteiger partial charge on any atom is 0.416 e. The molecule has 10 heteroatoms. The Hall–Kier alpha value is -3.40. The lowest BCUT2D eigenvalue weighted by atomic mass is 10.1. The zero-order chi connectivity index (χ0) is 21.6. The van der Waals surface area contributed by atoms with Crippen LogP contribution in [0.3, 0.4) is 0 Å². The Morgan fingerprint density at radius 3 is 2.67 bits per heavy atom. The van der Waals surface area contributed by atoms with E-state index < -0.39 is 28.9 Å². The highest BCUT2D eigenvalue weighted by Crippen LogP contribution is 2.32. The smallest absolute Gasteiger partial charge is 0.416 e. The summed E-state index contributed by atoms with van der Waals surface area (Å²) in [6.45, 7) is 0. The van der Waals surface area contributed by atoms with Crippen LogP contribution in [0.15, 0.2) is 47.4 Å². The summed E-state index contributed by atoms with van der Waals surface area (Å²) >= 11 is 1.00. The van der Waals surface area contributed by atoms with E-state index in [4.69, 9.17) is 4.74 Å². The van der Waals surface area contributed by atoms with Crippen LogP contribution >= 0.6 is 11.3 Å². The maximum atomic E-state index is 13.8. The average molecular weight is 436 g/mol. The third-order valence-electron chi connectivity index (χ3n) is 4.36. The number of phenolic OH excluding ortho intramolecular Hbond substituents is 1. The number of thiazole rings is 1. The third kappa shape index (κ3) is 3.50. The summed E-state index contributed by atoms with van der Waals surface area (Å²) in [5, 5.41) is 9.57. The third-order valence-corrected chi connectivity index (χ3v) is 5.34. The number of imidazole rings is 1. The van der Waals surface area contributed by atoms with Crippen LogP contribution in [0, 0.1) is 5.82 Å². The first kappa shape index (κ1) is 19.9. The van der Waals surface area contributed by atoms with E-state index in [-0.39, 0.29) is 26.5 Å². The molecular weight excluding hydrogens is 424 g/mol. The molecule has 0 aliphatic carbocycles. The molecule has 2 aromatic carbocycles. The van der Waals surface area contributed by atoms with Crippen LogP contribution in [0.25, 0.3) is 22.3 Å². The molecule has 0 radical (unpaired) electrons. The summed E-state index contributed by atoms with van der Waals surface area (Å²) in [5.41, 5.74) is -0.504. The molecule has 0 saturated carbocycles. The summed E-state index contributed by atoms with van der Waals surface area (Å²) in [6.07, 6.45) is -1.71. The summed E-state index contributed by atoms with van der Waals surface area (Å²) in [5.74, 6) is -1.62. The summed E-state index contributed by atoms with van der Waals surface area (Å²) in [6, 6.07) is 7.09. The molecule has 2 heterocycles. The first-order valence-electron chi connectivity index (χ1n) is 8.45. The molecule has 0 aliphatic rings. The number of halogens is 4. The van der Waals surface area contributed by atoms with Crippen LogP contribution in [-0.4, -0.2) is 21.6 Å². The number of hydrogen-bond donors (Lipinski definition) is 1. The Morgan fingerprint density at radius 2 is 2.00 bits per heavy atom. The van der Waals surface area contributed by atoms with E-state index in [0.29, 0.717) is 5.56 Å². The van der Waals surface area contributed by atoms with Gasteiger partial charge in [-0.3, -0.25) is 9.20 Å². The average Bonchev–Trinajstić information content (AvgIpc) is 3.24. The molecule has 0 bridgehead atoms. The van der Waals surface area contributed by atoms with E-state index in [1.807, 2.05) is 0 Å². The number of aromatic nitrogens is 2. The standard InChI is InChI=1S/C20H12F4N2O3S/c1-29-15-6-10(5-13(21)17(15)27)7-16-18(28)26-9-14(25-19(26)30-16)11-3-2-4-12(8-11)20(22,23)24/h2-9,27H,1H3. The lowest BCUT2D eigenvalue weighted by Crippen LogP contribution is -2.22. The van der Waals surface area contributed by atoms with E-state index in [0.717, 1.165) is 29.5 Å². The van der Waals surface area contributed by atoms with Crippen LogP contribution in [-0.2, 0) is 6.18 Å². The van der Waals surface area contributed by atoms with E-state index in [2.05, 4.69) is 4.98 Å². The van der Waals surface area contributed by atoms with Crippen molar-refractivity contribution in [2.75, 3.05) is 7.11 Å². The van der Waals surface area contributed by atoms with Crippen LogP contribution < -0.4 is 14.8 Å². The van der Waals surface area contributed by atoms with Gasteiger partial charge in [0.2, 0.25) is 0 Å². The van der Waals surface area contributed by atoms with Crippen molar-refractivity contribution in [2.24, 2.45) is 0 Å². The lowest BCUT2D eigenvalue weighted by Gasteiger charge is -2.07. The van der Waals surface area contributed by atoms with E-state index >= 15 is 0 Å². The largest absolute Gasteiger partial charge is 0.502 e. The number of aromatic hydroxyl groups is 1. The molecule has 5 nitrogen and oxygen atoms in total. The maximum absolute atomic E-state index is 13.8. The van der Waals surface area contributed by atoms with Crippen molar-refractivity contribution in [3.05, 3.63) is 74.4 Å². The minimum absolute atomic E-state index is 0.0816. The number of hydrogen-bond acceptors (Lipinski definition) is 5. The Balaban J connectivity index is 1.78. The number of ether oxygens (including phenoxy) is 1. The van der Waals surface area contributed by atoms with Crippen molar-refractivity contribution in [1.29, 1.82) is 0 Å². The van der Waals surface area contributed by atoms with Gasteiger partial charge < -0.3 is 9.84 Å². The first-order valence-corrected chi connectivity index (χ1v) is 9.27. The van der Waals surface area contributed by atoms with Gasteiger partial charge in [0.25, 0.3) is 5.56 Å². The zero-order valence-electron chi connectivity index (χ0n) is 15.2. The number of benzene rings is 2. The van der Waals surface area contributed by atoms with E-state index in [1.165, 1.54) is 42.0 Å². The summed E-state index contributed by atoms with van der Waals surface area (Å²) in [7, 11) is 1.27. The van der Waals surface area contributed by atoms with Crippen molar-refractivity contribution in [3.63, 3.8) is 0 Å². The molecule has 0 amide bonds. The van der Waals surface area contributed by atoms with Crippen molar-refractivity contribution in [3.8, 4) is 22.8 Å². The molecule has 0 saturated heterocycles. The Labute approximate surface area is 170 Å². The van der Waals surface area contributed by atoms with Crippen LogP contribution in [0.5, 0.6) is 11.5 Å². The number of alkyl halides is 3. The zero-order valence-corrected chi connectivity index (χ0v) is 16.0. The van der Waals surface area contributed by atoms with Gasteiger partial charge in [-0.25, -0.2) is 9.37 Å². The number of methoxy groups -OCH3 is 1. The fourth-order valence-corrected chi connectivity index (χ4v) is 3.87. The summed E-state index contributed by atoms with van der Waals surface area (Å²) in [4.78, 5) is 17.2. The molecule has 30 heavy (non-hydrogen) atoms. The highest BCUT2D eigenvalue weighted by atomic mass is 32.1. The molecule has 0 unspecified atom stereocenters. The molecular formula is C20H12F4N2O3S. The van der Waals surface area contributed by atoms with E-state index in [1.54, 1.807) is 0 Å². The van der Waals surface area contributed by atoms with Crippen LogP contribution in [0.4, 0.5) is 17.6 Å². The normalized spacial score (nSPS) is 12.6. The van der Waals surface area contributed by atoms with Gasteiger partial charge >= 0.3 is 6.18 Å². The molecule has 154 valence electrons. The van der Waals surface area contributed by atoms with Gasteiger partial charge in [0, 0.05) is 11.8 Å². The first-order chi connectivity index (χ1) is 14.2. The number of nitrogens with zero attached hydrogens (tertiary/aromatic N) is 2. The Kier molecular flexibility index (Phi) is 4.73. The van der Waals surface area contributed by atoms with Gasteiger partial charge in [0.15, 0.2) is 22.3 Å². The van der Waals surface area contributed by atoms with Gasteiger partial charge in [0.1, 0.15) is 0 Å². The molecule has 2 aromatic heterocycles. The Bertz CT molecular complexity index is 1380. The van der Waals surface area contributed by atoms with E-state index in [9.17, 15) is 27.5 Å². The van der Waals surface area contributed by atoms with Gasteiger partial charge in [0.05, 0.1) is 22.9 Å². The van der Waals surface area contributed by atoms with Gasteiger partial charge in [-0.2, -0.15) is 13.2 Å². The quantitative estimate of drug-likeness (QED) is 0.496.